The van der Waals surface area contributed by atoms with Crippen LogP contribution in [0.1, 0.15) is 38.7 Å². The number of carbonyl (C=O) groups excluding carboxylic acids is 2. The zero-order valence-corrected chi connectivity index (χ0v) is 29.5. The predicted molar refractivity (Wildman–Crippen MR) is 199 cm³/mol. The molecule has 2 amide bonds. The summed E-state index contributed by atoms with van der Waals surface area (Å²) < 4.78 is 48.8. The van der Waals surface area contributed by atoms with Crippen molar-refractivity contribution in [1.82, 2.24) is 10.6 Å². The lowest BCUT2D eigenvalue weighted by Crippen LogP contribution is -2.40. The molecule has 0 heterocycles. The van der Waals surface area contributed by atoms with Crippen LogP contribution in [0.5, 0.6) is 17.2 Å². The predicted octanol–water partition coefficient (Wildman–Crippen LogP) is 6.18. The van der Waals surface area contributed by atoms with Crippen LogP contribution < -0.4 is 36.3 Å². The third-order valence-electron chi connectivity index (χ3n) is 7.56. The molecule has 0 bridgehead atoms. The fourth-order valence-corrected chi connectivity index (χ4v) is 4.77. The fraction of sp³-hybridized carbons (Fsp3) is 0.150. The maximum absolute atomic E-state index is 13.6. The van der Waals surface area contributed by atoms with E-state index < -0.39 is 24.1 Å². The third kappa shape index (κ3) is 13.5. The summed E-state index contributed by atoms with van der Waals surface area (Å²) in [7, 11) is 1.62. The van der Waals surface area contributed by atoms with Crippen LogP contribution in [-0.4, -0.2) is 42.1 Å². The minimum atomic E-state index is -5.08. The molecule has 55 heavy (non-hydrogen) atoms. The second-order valence-electron chi connectivity index (χ2n) is 11.6. The number of carboxylic acid groups (broad SMARTS) is 1. The second kappa shape index (κ2) is 19.7. The van der Waals surface area contributed by atoms with E-state index in [0.717, 1.165) is 22.4 Å². The number of carbonyl (C=O) groups is 3. The van der Waals surface area contributed by atoms with Crippen molar-refractivity contribution in [3.8, 4) is 17.2 Å². The van der Waals surface area contributed by atoms with Gasteiger partial charge < -0.3 is 41.4 Å². The van der Waals surface area contributed by atoms with Gasteiger partial charge in [0.25, 0.3) is 5.91 Å². The van der Waals surface area contributed by atoms with Crippen LogP contribution in [0.25, 0.3) is 0 Å². The lowest BCUT2D eigenvalue weighted by Gasteiger charge is -2.20. The molecule has 7 N–H and O–H groups in total. The number of nitrogens with zero attached hydrogens (tertiary/aromatic N) is 1. The summed E-state index contributed by atoms with van der Waals surface area (Å²) in [6.45, 7) is 0.972. The summed E-state index contributed by atoms with van der Waals surface area (Å²) >= 11 is 0. The van der Waals surface area contributed by atoms with Crippen LogP contribution >= 0.6 is 0 Å². The van der Waals surface area contributed by atoms with Gasteiger partial charge in [0.2, 0.25) is 5.91 Å². The van der Waals surface area contributed by atoms with Crippen LogP contribution in [0.3, 0.4) is 0 Å². The number of nitrogens with two attached hydrogens (primary N) is 2. The number of rotatable bonds is 14. The molecule has 0 radical (unpaired) electrons. The molecule has 0 saturated carbocycles. The first kappa shape index (κ1) is 40.7. The van der Waals surface area contributed by atoms with Gasteiger partial charge in [-0.3, -0.25) is 9.59 Å². The number of hydrogen-bond acceptors (Lipinski definition) is 7. The Balaban J connectivity index is 0.000000876. The average Bonchev–Trinajstić information content (AvgIpc) is 3.18. The van der Waals surface area contributed by atoms with Gasteiger partial charge in [-0.25, -0.2) is 9.79 Å². The summed E-state index contributed by atoms with van der Waals surface area (Å²) in [4.78, 5) is 39.9. The number of aliphatic carboxylic acids is 1. The van der Waals surface area contributed by atoms with E-state index in [2.05, 4.69) is 15.6 Å². The van der Waals surface area contributed by atoms with E-state index in [-0.39, 0.29) is 18.4 Å². The lowest BCUT2D eigenvalue weighted by molar-refractivity contribution is -0.192. The smallest absolute Gasteiger partial charge is 0.490 e. The van der Waals surface area contributed by atoms with E-state index >= 15 is 0 Å². The number of carboxylic acids is 1. The van der Waals surface area contributed by atoms with E-state index in [9.17, 15) is 22.8 Å². The standard InChI is InChI=1S/C38H37N5O5.C2HF3O2/c1-46-34-9-5-8-28(22-34)25-48-33-20-14-30(15-21-33)36(44)43-35(37(45)41-23-26-10-16-31(17-11-26)42-38(39)40)29-12-18-32(19-13-29)47-24-27-6-3-2-4-7-27;3-2(4,5)1(6)7/h2-22,35H,23-25H2,1H3,(H,41,45)(H,43,44)(H4,39,40,42);(H,6,7)/t35-;/m0./s1. The summed E-state index contributed by atoms with van der Waals surface area (Å²) in [6, 6.07) is 37.4. The van der Waals surface area contributed by atoms with Gasteiger partial charge in [0.15, 0.2) is 5.96 Å². The van der Waals surface area contributed by atoms with Gasteiger partial charge in [0.05, 0.1) is 12.8 Å². The molecule has 286 valence electrons. The van der Waals surface area contributed by atoms with Gasteiger partial charge in [-0.2, -0.15) is 13.2 Å². The minimum absolute atomic E-state index is 0.0403. The molecule has 0 fully saturated rings. The molecule has 0 aliphatic carbocycles. The van der Waals surface area contributed by atoms with Gasteiger partial charge in [-0.05, 0) is 82.9 Å². The van der Waals surface area contributed by atoms with E-state index in [0.29, 0.717) is 41.5 Å². The number of hydrogen-bond donors (Lipinski definition) is 5. The van der Waals surface area contributed by atoms with Gasteiger partial charge in [-0.1, -0.05) is 66.7 Å². The Morgan fingerprint density at radius 3 is 1.85 bits per heavy atom. The van der Waals surface area contributed by atoms with E-state index in [4.69, 9.17) is 35.6 Å². The van der Waals surface area contributed by atoms with Crippen molar-refractivity contribution in [2.75, 3.05) is 7.11 Å². The van der Waals surface area contributed by atoms with Gasteiger partial charge in [0, 0.05) is 12.1 Å². The first-order chi connectivity index (χ1) is 26.3. The molecule has 5 rings (SSSR count). The van der Waals surface area contributed by atoms with Crippen molar-refractivity contribution < 1.29 is 46.9 Å². The van der Waals surface area contributed by atoms with Crippen LogP contribution in [-0.2, 0) is 29.3 Å². The highest BCUT2D eigenvalue weighted by molar-refractivity contribution is 5.98. The highest BCUT2D eigenvalue weighted by atomic mass is 19.4. The van der Waals surface area contributed by atoms with Crippen molar-refractivity contribution in [3.05, 3.63) is 155 Å². The molecular formula is C40H38F3N5O7. The Kier molecular flexibility index (Phi) is 14.6. The Labute approximate surface area is 314 Å². The number of guanidine groups is 1. The highest BCUT2D eigenvalue weighted by Gasteiger charge is 2.38. The molecule has 5 aromatic carbocycles. The monoisotopic (exact) mass is 757 g/mol. The summed E-state index contributed by atoms with van der Waals surface area (Å²) in [6.07, 6.45) is -5.08. The highest BCUT2D eigenvalue weighted by Crippen LogP contribution is 2.22. The van der Waals surface area contributed by atoms with Crippen LogP contribution in [0.2, 0.25) is 0 Å². The molecule has 1 atom stereocenters. The van der Waals surface area contributed by atoms with E-state index in [1.165, 1.54) is 0 Å². The van der Waals surface area contributed by atoms with E-state index in [1.54, 1.807) is 67.8 Å². The number of halogens is 3. The van der Waals surface area contributed by atoms with Gasteiger partial charge >= 0.3 is 12.1 Å². The van der Waals surface area contributed by atoms with Crippen molar-refractivity contribution >= 4 is 29.4 Å². The molecule has 0 aliphatic heterocycles. The number of amides is 2. The van der Waals surface area contributed by atoms with Crippen molar-refractivity contribution in [1.29, 1.82) is 0 Å². The summed E-state index contributed by atoms with van der Waals surface area (Å²) in [5.74, 6) is -1.61. The second-order valence-corrected chi connectivity index (χ2v) is 11.6. The molecule has 0 saturated heterocycles. The fourth-order valence-electron chi connectivity index (χ4n) is 4.77. The Bertz CT molecular complexity index is 2040. The molecular weight excluding hydrogens is 719 g/mol. The minimum Gasteiger partial charge on any atom is -0.497 e. The Morgan fingerprint density at radius 2 is 1.29 bits per heavy atom. The third-order valence-corrected chi connectivity index (χ3v) is 7.56. The van der Waals surface area contributed by atoms with Crippen molar-refractivity contribution in [3.63, 3.8) is 0 Å². The quantitative estimate of drug-likeness (QED) is 0.0651. The lowest BCUT2D eigenvalue weighted by atomic mass is 10.0. The number of ether oxygens (including phenoxy) is 3. The number of methoxy groups -OCH3 is 1. The normalized spacial score (nSPS) is 11.1. The summed E-state index contributed by atoms with van der Waals surface area (Å²) in [5.41, 5.74) is 15.3. The number of aliphatic imine (C=N–C) groups is 1. The molecule has 0 spiro atoms. The molecule has 5 aromatic rings. The topological polar surface area (TPSA) is 188 Å². The molecule has 0 unspecified atom stereocenters. The van der Waals surface area contributed by atoms with Crippen molar-refractivity contribution in [2.45, 2.75) is 32.0 Å². The molecule has 0 aliphatic rings. The molecule has 15 heteroatoms. The number of nitrogens with one attached hydrogen (secondary N) is 2. The Morgan fingerprint density at radius 1 is 0.727 bits per heavy atom. The average molecular weight is 758 g/mol. The van der Waals surface area contributed by atoms with E-state index in [1.807, 2.05) is 66.7 Å². The largest absolute Gasteiger partial charge is 0.497 e. The first-order valence-electron chi connectivity index (χ1n) is 16.5. The number of benzene rings is 5. The van der Waals surface area contributed by atoms with Gasteiger partial charge in [0.1, 0.15) is 36.5 Å². The SMILES string of the molecule is COc1cccc(COc2ccc(C(=O)N[C@H](C(=O)NCc3ccc(N=C(N)N)cc3)c3ccc(OCc4ccccc4)cc3)cc2)c1.O=C(O)C(F)(F)F. The maximum Gasteiger partial charge on any atom is 0.490 e. The maximum atomic E-state index is 13.6. The molecule has 0 aromatic heterocycles. The zero-order chi connectivity index (χ0) is 39.8. The zero-order valence-electron chi connectivity index (χ0n) is 29.5. The Hall–Kier alpha value is -7.03. The number of alkyl halides is 3. The summed E-state index contributed by atoms with van der Waals surface area (Å²) in [5, 5.41) is 12.9. The van der Waals surface area contributed by atoms with Crippen molar-refractivity contribution in [2.24, 2.45) is 16.5 Å². The van der Waals surface area contributed by atoms with Crippen LogP contribution in [0, 0.1) is 0 Å². The molecule has 12 nitrogen and oxygen atoms in total. The van der Waals surface area contributed by atoms with Crippen LogP contribution in [0.4, 0.5) is 18.9 Å². The van der Waals surface area contributed by atoms with Gasteiger partial charge in [-0.15, -0.1) is 0 Å². The van der Waals surface area contributed by atoms with Crippen LogP contribution in [0.15, 0.2) is 132 Å². The first-order valence-corrected chi connectivity index (χ1v) is 16.5.